The first-order chi connectivity index (χ1) is 13.2. The third-order valence-electron chi connectivity index (χ3n) is 4.47. The molecule has 1 amide bonds. The van der Waals surface area contributed by atoms with Crippen LogP contribution in [0.15, 0.2) is 53.4 Å². The van der Waals surface area contributed by atoms with Gasteiger partial charge in [0.25, 0.3) is 5.91 Å². The van der Waals surface area contributed by atoms with E-state index in [-0.39, 0.29) is 23.4 Å². The fraction of sp³-hybridized carbons (Fsp3) is 0.300. The number of benzene rings is 2. The lowest BCUT2D eigenvalue weighted by molar-refractivity contribution is 0.0943. The summed E-state index contributed by atoms with van der Waals surface area (Å²) >= 11 is 0. The van der Waals surface area contributed by atoms with Crippen molar-refractivity contribution in [1.82, 2.24) is 19.2 Å². The molecule has 0 spiro atoms. The summed E-state index contributed by atoms with van der Waals surface area (Å²) in [6.07, 6.45) is 0. The van der Waals surface area contributed by atoms with Crippen LogP contribution in [0.2, 0.25) is 0 Å². The Morgan fingerprint density at radius 3 is 2.50 bits per heavy atom. The van der Waals surface area contributed by atoms with Crippen molar-refractivity contribution in [2.45, 2.75) is 31.3 Å². The third-order valence-corrected chi connectivity index (χ3v) is 6.29. The van der Waals surface area contributed by atoms with Gasteiger partial charge in [-0.1, -0.05) is 18.2 Å². The molecule has 0 aliphatic carbocycles. The molecule has 148 valence electrons. The summed E-state index contributed by atoms with van der Waals surface area (Å²) in [5.41, 5.74) is 2.01. The lowest BCUT2D eigenvalue weighted by Crippen LogP contribution is -2.29. The number of carbonyl (C=O) groups is 1. The molecule has 1 N–H and O–H groups in total. The topological polar surface area (TPSA) is 84.3 Å². The SMILES string of the molecule is CC(C)NC(=O)c1ccc2c(c1)nc(CN(C)S(=O)(=O)c1ccccc1)n2C. The zero-order valence-electron chi connectivity index (χ0n) is 16.4. The van der Waals surface area contributed by atoms with E-state index < -0.39 is 10.0 Å². The Hall–Kier alpha value is -2.71. The summed E-state index contributed by atoms with van der Waals surface area (Å²) in [6.45, 7) is 3.92. The Kier molecular flexibility index (Phi) is 5.53. The molecule has 3 aromatic rings. The first kappa shape index (κ1) is 20.0. The van der Waals surface area contributed by atoms with Crippen LogP contribution in [0.3, 0.4) is 0 Å². The zero-order chi connectivity index (χ0) is 20.5. The van der Waals surface area contributed by atoms with Crippen molar-refractivity contribution in [2.75, 3.05) is 7.05 Å². The second-order valence-electron chi connectivity index (χ2n) is 6.99. The number of imidazole rings is 1. The van der Waals surface area contributed by atoms with Crippen LogP contribution in [0.1, 0.15) is 30.0 Å². The zero-order valence-corrected chi connectivity index (χ0v) is 17.2. The van der Waals surface area contributed by atoms with Crippen LogP contribution in [-0.4, -0.2) is 41.3 Å². The highest BCUT2D eigenvalue weighted by atomic mass is 32.2. The van der Waals surface area contributed by atoms with E-state index in [2.05, 4.69) is 10.3 Å². The van der Waals surface area contributed by atoms with Crippen molar-refractivity contribution in [1.29, 1.82) is 0 Å². The summed E-state index contributed by atoms with van der Waals surface area (Å²) in [5.74, 6) is 0.436. The Labute approximate surface area is 165 Å². The van der Waals surface area contributed by atoms with Crippen LogP contribution in [0.25, 0.3) is 11.0 Å². The molecular formula is C20H24N4O3S. The van der Waals surface area contributed by atoms with Gasteiger partial charge in [-0.25, -0.2) is 13.4 Å². The molecule has 3 rings (SSSR count). The molecule has 7 nitrogen and oxygen atoms in total. The van der Waals surface area contributed by atoms with Crippen LogP contribution >= 0.6 is 0 Å². The number of aromatic nitrogens is 2. The Bertz CT molecular complexity index is 1110. The molecule has 1 aromatic heterocycles. The monoisotopic (exact) mass is 400 g/mol. The molecule has 0 saturated carbocycles. The van der Waals surface area contributed by atoms with Crippen molar-refractivity contribution in [3.05, 3.63) is 59.9 Å². The predicted molar refractivity (Wildman–Crippen MR) is 108 cm³/mol. The lowest BCUT2D eigenvalue weighted by Gasteiger charge is -2.16. The minimum atomic E-state index is -3.61. The molecule has 0 bridgehead atoms. The molecule has 8 heteroatoms. The van der Waals surface area contributed by atoms with Crippen molar-refractivity contribution in [3.63, 3.8) is 0 Å². The number of sulfonamides is 1. The summed E-state index contributed by atoms with van der Waals surface area (Å²) in [7, 11) is -0.245. The second kappa shape index (κ2) is 7.73. The lowest BCUT2D eigenvalue weighted by atomic mass is 10.2. The van der Waals surface area contributed by atoms with Crippen LogP contribution in [0, 0.1) is 0 Å². The summed E-state index contributed by atoms with van der Waals surface area (Å²) in [5, 5.41) is 2.85. The maximum absolute atomic E-state index is 12.7. The van der Waals surface area contributed by atoms with E-state index in [0.29, 0.717) is 16.9 Å². The van der Waals surface area contributed by atoms with Crippen LogP contribution in [-0.2, 0) is 23.6 Å². The minimum Gasteiger partial charge on any atom is -0.350 e. The average Bonchev–Trinajstić information content (AvgIpc) is 2.97. The van der Waals surface area contributed by atoms with E-state index >= 15 is 0 Å². The molecule has 1 heterocycles. The molecule has 0 atom stereocenters. The maximum Gasteiger partial charge on any atom is 0.251 e. The Morgan fingerprint density at radius 1 is 1.18 bits per heavy atom. The molecule has 0 radical (unpaired) electrons. The van der Waals surface area contributed by atoms with Gasteiger partial charge in [-0.3, -0.25) is 4.79 Å². The largest absolute Gasteiger partial charge is 0.350 e. The average molecular weight is 401 g/mol. The van der Waals surface area contributed by atoms with Gasteiger partial charge >= 0.3 is 0 Å². The first-order valence-electron chi connectivity index (χ1n) is 8.97. The van der Waals surface area contributed by atoms with E-state index in [1.54, 1.807) is 42.5 Å². The van der Waals surface area contributed by atoms with E-state index in [9.17, 15) is 13.2 Å². The molecule has 0 saturated heterocycles. The fourth-order valence-corrected chi connectivity index (χ4v) is 4.08. The molecule has 2 aromatic carbocycles. The molecule has 0 aliphatic heterocycles. The number of hydrogen-bond acceptors (Lipinski definition) is 4. The van der Waals surface area contributed by atoms with Crippen LogP contribution in [0.4, 0.5) is 0 Å². The number of rotatable bonds is 6. The standard InChI is InChI=1S/C20H24N4O3S/c1-14(2)21-20(25)15-10-11-18-17(12-15)22-19(24(18)4)13-23(3)28(26,27)16-8-6-5-7-9-16/h5-12,14H,13H2,1-4H3,(H,21,25). The van der Waals surface area contributed by atoms with Crippen molar-refractivity contribution in [3.8, 4) is 0 Å². The van der Waals surface area contributed by atoms with E-state index in [0.717, 1.165) is 5.52 Å². The Morgan fingerprint density at radius 2 is 1.86 bits per heavy atom. The number of fused-ring (bicyclic) bond motifs is 1. The molecule has 0 fully saturated rings. The van der Waals surface area contributed by atoms with Gasteiger partial charge in [-0.15, -0.1) is 0 Å². The highest BCUT2D eigenvalue weighted by Gasteiger charge is 2.22. The normalized spacial score (nSPS) is 12.1. The molecule has 28 heavy (non-hydrogen) atoms. The van der Waals surface area contributed by atoms with E-state index in [1.165, 1.54) is 11.4 Å². The van der Waals surface area contributed by atoms with E-state index in [1.807, 2.05) is 31.5 Å². The number of nitrogens with zero attached hydrogens (tertiary/aromatic N) is 3. The van der Waals surface area contributed by atoms with Gasteiger partial charge in [0.05, 0.1) is 22.5 Å². The molecular weight excluding hydrogens is 376 g/mol. The minimum absolute atomic E-state index is 0.0410. The number of hydrogen-bond donors (Lipinski definition) is 1. The number of amides is 1. The van der Waals surface area contributed by atoms with Gasteiger partial charge in [0, 0.05) is 25.7 Å². The summed E-state index contributed by atoms with van der Waals surface area (Å²) in [6, 6.07) is 13.6. The maximum atomic E-state index is 12.7. The van der Waals surface area contributed by atoms with Gasteiger partial charge in [0.2, 0.25) is 10.0 Å². The van der Waals surface area contributed by atoms with Gasteiger partial charge in [-0.2, -0.15) is 4.31 Å². The predicted octanol–water partition coefficient (Wildman–Crippen LogP) is 2.53. The van der Waals surface area contributed by atoms with Gasteiger partial charge in [0.15, 0.2) is 0 Å². The third kappa shape index (κ3) is 3.93. The second-order valence-corrected chi connectivity index (χ2v) is 9.04. The number of nitrogens with one attached hydrogen (secondary N) is 1. The van der Waals surface area contributed by atoms with Crippen LogP contribution < -0.4 is 5.32 Å². The summed E-state index contributed by atoms with van der Waals surface area (Å²) < 4.78 is 28.6. The molecule has 0 aliphatic rings. The van der Waals surface area contributed by atoms with Crippen molar-refractivity contribution < 1.29 is 13.2 Å². The van der Waals surface area contributed by atoms with Crippen LogP contribution in [0.5, 0.6) is 0 Å². The highest BCUT2D eigenvalue weighted by molar-refractivity contribution is 7.89. The van der Waals surface area contributed by atoms with Gasteiger partial charge in [-0.05, 0) is 44.2 Å². The van der Waals surface area contributed by atoms with Crippen molar-refractivity contribution in [2.24, 2.45) is 7.05 Å². The van der Waals surface area contributed by atoms with Crippen molar-refractivity contribution >= 4 is 27.0 Å². The highest BCUT2D eigenvalue weighted by Crippen LogP contribution is 2.20. The molecule has 0 unspecified atom stereocenters. The number of carbonyl (C=O) groups excluding carboxylic acids is 1. The fourth-order valence-electron chi connectivity index (χ4n) is 2.93. The van der Waals surface area contributed by atoms with E-state index in [4.69, 9.17) is 0 Å². The van der Waals surface area contributed by atoms with Gasteiger partial charge in [0.1, 0.15) is 5.82 Å². The quantitative estimate of drug-likeness (QED) is 0.689. The summed E-state index contributed by atoms with van der Waals surface area (Å²) in [4.78, 5) is 17.0. The Balaban J connectivity index is 1.89. The van der Waals surface area contributed by atoms with Gasteiger partial charge < -0.3 is 9.88 Å². The number of aryl methyl sites for hydroxylation is 1. The first-order valence-corrected chi connectivity index (χ1v) is 10.4. The smallest absolute Gasteiger partial charge is 0.251 e.